The number of nitrogens with zero attached hydrogens (tertiary/aromatic N) is 4. The molecule has 1 aliphatic carbocycles. The van der Waals surface area contributed by atoms with E-state index < -0.39 is 10.0 Å². The van der Waals surface area contributed by atoms with Crippen molar-refractivity contribution in [2.45, 2.75) is 31.1 Å². The van der Waals surface area contributed by atoms with Crippen molar-refractivity contribution in [3.8, 4) is 0 Å². The fraction of sp³-hybridized carbons (Fsp3) is 0.786. The molecular weight excluding hydrogens is 288 g/mol. The van der Waals surface area contributed by atoms with Crippen LogP contribution < -0.4 is 0 Å². The molecule has 4 rings (SSSR count). The molecule has 3 heterocycles. The predicted octanol–water partition coefficient (Wildman–Crippen LogP) is 0.420. The monoisotopic (exact) mass is 310 g/mol. The minimum atomic E-state index is -2.98. The first-order chi connectivity index (χ1) is 9.97. The van der Waals surface area contributed by atoms with E-state index in [0.717, 1.165) is 52.0 Å². The molecule has 0 radical (unpaired) electrons. The van der Waals surface area contributed by atoms with E-state index in [4.69, 9.17) is 0 Å². The van der Waals surface area contributed by atoms with Gasteiger partial charge in [-0.2, -0.15) is 5.10 Å². The van der Waals surface area contributed by atoms with Gasteiger partial charge < -0.3 is 0 Å². The van der Waals surface area contributed by atoms with E-state index in [1.54, 1.807) is 4.31 Å². The van der Waals surface area contributed by atoms with Crippen LogP contribution in [0.5, 0.6) is 0 Å². The van der Waals surface area contributed by atoms with Gasteiger partial charge in [-0.05, 0) is 19.3 Å². The average molecular weight is 310 g/mol. The van der Waals surface area contributed by atoms with Crippen molar-refractivity contribution >= 4 is 10.0 Å². The van der Waals surface area contributed by atoms with E-state index in [0.29, 0.717) is 0 Å². The summed E-state index contributed by atoms with van der Waals surface area (Å²) in [4.78, 5) is 2.39. The van der Waals surface area contributed by atoms with Crippen LogP contribution in [0.1, 0.15) is 24.8 Å². The van der Waals surface area contributed by atoms with Crippen molar-refractivity contribution in [2.75, 3.05) is 26.2 Å². The van der Waals surface area contributed by atoms with Crippen molar-refractivity contribution in [3.05, 3.63) is 18.0 Å². The van der Waals surface area contributed by atoms with Crippen LogP contribution in [0.4, 0.5) is 0 Å². The summed E-state index contributed by atoms with van der Waals surface area (Å²) in [7, 11) is -1.06. The third kappa shape index (κ3) is 2.41. The number of hydrogen-bond acceptors (Lipinski definition) is 4. The maximum absolute atomic E-state index is 12.3. The normalized spacial score (nSPS) is 26.3. The molecule has 0 N–H and O–H groups in total. The minimum Gasteiger partial charge on any atom is -0.298 e. The highest BCUT2D eigenvalue weighted by Gasteiger charge is 2.52. The maximum atomic E-state index is 12.3. The van der Waals surface area contributed by atoms with Crippen molar-refractivity contribution < 1.29 is 8.42 Å². The van der Waals surface area contributed by atoms with E-state index in [2.05, 4.69) is 10.00 Å². The Kier molecular flexibility index (Phi) is 2.96. The van der Waals surface area contributed by atoms with Gasteiger partial charge in [0.15, 0.2) is 0 Å². The van der Waals surface area contributed by atoms with Crippen molar-refractivity contribution in [1.29, 1.82) is 0 Å². The minimum absolute atomic E-state index is 0.0702. The average Bonchev–Trinajstić information content (AvgIpc) is 3.04. The molecule has 116 valence electrons. The van der Waals surface area contributed by atoms with Gasteiger partial charge in [0.2, 0.25) is 10.0 Å². The summed E-state index contributed by atoms with van der Waals surface area (Å²) in [6, 6.07) is 0. The summed E-state index contributed by atoms with van der Waals surface area (Å²) >= 11 is 0. The fourth-order valence-electron chi connectivity index (χ4n) is 3.77. The fourth-order valence-corrected chi connectivity index (χ4v) is 5.73. The second-order valence-corrected chi connectivity index (χ2v) is 9.21. The molecule has 7 heteroatoms. The molecule has 21 heavy (non-hydrogen) atoms. The van der Waals surface area contributed by atoms with E-state index in [1.165, 1.54) is 5.56 Å². The third-order valence-corrected chi connectivity index (χ3v) is 7.34. The molecule has 0 bridgehead atoms. The number of sulfonamides is 1. The molecule has 1 spiro atoms. The first-order valence-electron chi connectivity index (χ1n) is 7.66. The quantitative estimate of drug-likeness (QED) is 0.809. The van der Waals surface area contributed by atoms with E-state index in [1.807, 2.05) is 24.1 Å². The Morgan fingerprint density at radius 3 is 2.71 bits per heavy atom. The lowest BCUT2D eigenvalue weighted by Crippen LogP contribution is -2.57. The molecule has 0 aromatic carbocycles. The molecule has 0 unspecified atom stereocenters. The van der Waals surface area contributed by atoms with E-state index in [9.17, 15) is 8.42 Å². The number of hydrogen-bond donors (Lipinski definition) is 0. The molecule has 2 aliphatic heterocycles. The van der Waals surface area contributed by atoms with Gasteiger partial charge in [0.1, 0.15) is 0 Å². The van der Waals surface area contributed by atoms with Crippen molar-refractivity contribution in [3.63, 3.8) is 0 Å². The van der Waals surface area contributed by atoms with Gasteiger partial charge in [-0.15, -0.1) is 0 Å². The molecule has 0 atom stereocenters. The van der Waals surface area contributed by atoms with Crippen LogP contribution in [-0.2, 0) is 23.6 Å². The molecule has 1 aromatic heterocycles. The van der Waals surface area contributed by atoms with Gasteiger partial charge in [0, 0.05) is 56.9 Å². The Morgan fingerprint density at radius 1 is 1.33 bits per heavy atom. The molecule has 6 nitrogen and oxygen atoms in total. The summed E-state index contributed by atoms with van der Waals surface area (Å²) < 4.78 is 28.2. The van der Waals surface area contributed by atoms with Crippen LogP contribution in [-0.4, -0.2) is 58.8 Å². The molecule has 0 amide bonds. The summed E-state index contributed by atoms with van der Waals surface area (Å²) in [6.45, 7) is 4.40. The second-order valence-electron chi connectivity index (χ2n) is 7.00. The van der Waals surface area contributed by atoms with Gasteiger partial charge in [0.25, 0.3) is 0 Å². The summed E-state index contributed by atoms with van der Waals surface area (Å²) in [6.07, 6.45) is 6.69. The van der Waals surface area contributed by atoms with Crippen molar-refractivity contribution in [1.82, 2.24) is 19.0 Å². The molecule has 3 aliphatic rings. The van der Waals surface area contributed by atoms with Crippen LogP contribution in [0.2, 0.25) is 0 Å². The van der Waals surface area contributed by atoms with Gasteiger partial charge >= 0.3 is 0 Å². The number of rotatable bonds is 4. The first-order valence-corrected chi connectivity index (χ1v) is 9.16. The largest absolute Gasteiger partial charge is 0.298 e. The summed E-state index contributed by atoms with van der Waals surface area (Å²) in [5, 5.41) is 4.12. The SMILES string of the molecule is Cn1cc(CN2CC3(CCN(S(=O)(=O)C4CC4)C3)C2)cn1. The van der Waals surface area contributed by atoms with Crippen LogP contribution >= 0.6 is 0 Å². The highest BCUT2D eigenvalue weighted by atomic mass is 32.2. The van der Waals surface area contributed by atoms with Crippen LogP contribution in [0.15, 0.2) is 12.4 Å². The van der Waals surface area contributed by atoms with Gasteiger partial charge in [-0.25, -0.2) is 12.7 Å². The van der Waals surface area contributed by atoms with Crippen LogP contribution in [0.25, 0.3) is 0 Å². The maximum Gasteiger partial charge on any atom is 0.217 e. The number of aryl methyl sites for hydroxylation is 1. The number of likely N-dealkylation sites (tertiary alicyclic amines) is 1. The Bertz CT molecular complexity index is 644. The smallest absolute Gasteiger partial charge is 0.217 e. The lowest BCUT2D eigenvalue weighted by Gasteiger charge is -2.48. The Morgan fingerprint density at radius 2 is 2.10 bits per heavy atom. The Labute approximate surface area is 125 Å². The van der Waals surface area contributed by atoms with Gasteiger partial charge in [-0.3, -0.25) is 9.58 Å². The van der Waals surface area contributed by atoms with Gasteiger partial charge in [-0.1, -0.05) is 0 Å². The third-order valence-electron chi connectivity index (χ3n) is 4.99. The topological polar surface area (TPSA) is 58.4 Å². The van der Waals surface area contributed by atoms with E-state index in [-0.39, 0.29) is 10.7 Å². The zero-order valence-electron chi connectivity index (χ0n) is 12.4. The molecule has 2 saturated heterocycles. The number of aromatic nitrogens is 2. The molecule has 1 aromatic rings. The lowest BCUT2D eigenvalue weighted by molar-refractivity contribution is 0.00649. The zero-order chi connectivity index (χ0) is 14.7. The summed E-state index contributed by atoms with van der Waals surface area (Å²) in [5.74, 6) is 0. The molecule has 1 saturated carbocycles. The Hall–Kier alpha value is -0.920. The second kappa shape index (κ2) is 4.54. The molecular formula is C14H22N4O2S. The Balaban J connectivity index is 1.35. The molecule has 3 fully saturated rings. The van der Waals surface area contributed by atoms with E-state index >= 15 is 0 Å². The predicted molar refractivity (Wildman–Crippen MR) is 79.0 cm³/mol. The van der Waals surface area contributed by atoms with Crippen LogP contribution in [0, 0.1) is 5.41 Å². The first kappa shape index (κ1) is 13.7. The summed E-state index contributed by atoms with van der Waals surface area (Å²) in [5.41, 5.74) is 1.44. The highest BCUT2D eigenvalue weighted by Crippen LogP contribution is 2.43. The van der Waals surface area contributed by atoms with Gasteiger partial charge in [0.05, 0.1) is 11.4 Å². The van der Waals surface area contributed by atoms with Crippen LogP contribution in [0.3, 0.4) is 0 Å². The van der Waals surface area contributed by atoms with Crippen molar-refractivity contribution in [2.24, 2.45) is 12.5 Å². The highest BCUT2D eigenvalue weighted by molar-refractivity contribution is 7.90. The zero-order valence-corrected chi connectivity index (χ0v) is 13.2. The standard InChI is InChI=1S/C14H22N4O2S/c1-16-7-12(6-15-16)8-17-9-14(10-17)4-5-18(11-14)21(19,20)13-2-3-13/h6-7,13H,2-5,8-11H2,1H3. The lowest BCUT2D eigenvalue weighted by atomic mass is 9.79.